The number of hydrogen-bond acceptors (Lipinski definition) is 2. The highest BCUT2D eigenvalue weighted by molar-refractivity contribution is 5.81. The van der Waals surface area contributed by atoms with Gasteiger partial charge in [-0.05, 0) is 42.7 Å². The molecule has 1 aromatic rings. The fraction of sp³-hybridized carbons (Fsp3) is 0.588. The predicted molar refractivity (Wildman–Crippen MR) is 80.2 cm³/mol. The molecule has 3 heteroatoms. The maximum Gasteiger partial charge on any atom is 0.238 e. The lowest BCUT2D eigenvalue weighted by Crippen LogP contribution is -2.39. The lowest BCUT2D eigenvalue weighted by molar-refractivity contribution is -0.130. The second kappa shape index (κ2) is 4.88. The molecule has 1 aromatic carbocycles. The molecule has 1 saturated carbocycles. The molecule has 0 radical (unpaired) electrons. The van der Waals surface area contributed by atoms with Crippen LogP contribution in [0.5, 0.6) is 0 Å². The maximum atomic E-state index is 12.3. The zero-order valence-corrected chi connectivity index (χ0v) is 12.6. The summed E-state index contributed by atoms with van der Waals surface area (Å²) in [5, 5.41) is 3.39. The van der Waals surface area contributed by atoms with Gasteiger partial charge in [0.2, 0.25) is 5.91 Å². The molecule has 108 valence electrons. The first kappa shape index (κ1) is 13.6. The number of rotatable bonds is 2. The van der Waals surface area contributed by atoms with Crippen LogP contribution in [0.25, 0.3) is 0 Å². The highest BCUT2D eigenvalue weighted by Crippen LogP contribution is 2.42. The van der Waals surface area contributed by atoms with Crippen molar-refractivity contribution in [1.29, 1.82) is 0 Å². The van der Waals surface area contributed by atoms with Crippen LogP contribution in [0, 0.1) is 12.3 Å². The SMILES string of the molecule is Cc1ccccc1C1NCC(=O)N1C1CCC(C)(C)C1. The molecule has 0 aromatic heterocycles. The topological polar surface area (TPSA) is 32.3 Å². The van der Waals surface area contributed by atoms with Crippen molar-refractivity contribution in [3.05, 3.63) is 35.4 Å². The van der Waals surface area contributed by atoms with E-state index in [4.69, 9.17) is 0 Å². The van der Waals surface area contributed by atoms with Crippen molar-refractivity contribution in [2.75, 3.05) is 6.54 Å². The summed E-state index contributed by atoms with van der Waals surface area (Å²) < 4.78 is 0. The van der Waals surface area contributed by atoms with Crippen molar-refractivity contribution in [1.82, 2.24) is 10.2 Å². The van der Waals surface area contributed by atoms with E-state index in [1.54, 1.807) is 0 Å². The molecule has 0 bridgehead atoms. The third-order valence-corrected chi connectivity index (χ3v) is 4.83. The Labute approximate surface area is 121 Å². The molecule has 2 aliphatic rings. The highest BCUT2D eigenvalue weighted by atomic mass is 16.2. The summed E-state index contributed by atoms with van der Waals surface area (Å²) in [6.07, 6.45) is 3.51. The summed E-state index contributed by atoms with van der Waals surface area (Å²) in [7, 11) is 0. The molecule has 1 saturated heterocycles. The largest absolute Gasteiger partial charge is 0.319 e. The summed E-state index contributed by atoms with van der Waals surface area (Å²) in [5.41, 5.74) is 2.86. The molecular weight excluding hydrogens is 248 g/mol. The number of amides is 1. The van der Waals surface area contributed by atoms with E-state index in [1.165, 1.54) is 17.5 Å². The van der Waals surface area contributed by atoms with Crippen molar-refractivity contribution < 1.29 is 4.79 Å². The Balaban J connectivity index is 1.88. The number of nitrogens with one attached hydrogen (secondary N) is 1. The van der Waals surface area contributed by atoms with Gasteiger partial charge in [0.25, 0.3) is 0 Å². The first-order valence-electron chi connectivity index (χ1n) is 7.58. The van der Waals surface area contributed by atoms with Gasteiger partial charge in [-0.2, -0.15) is 0 Å². The van der Waals surface area contributed by atoms with Gasteiger partial charge in [0.05, 0.1) is 6.54 Å². The lowest BCUT2D eigenvalue weighted by atomic mass is 9.91. The van der Waals surface area contributed by atoms with E-state index in [1.807, 2.05) is 0 Å². The van der Waals surface area contributed by atoms with Gasteiger partial charge < -0.3 is 4.90 Å². The summed E-state index contributed by atoms with van der Waals surface area (Å²) in [4.78, 5) is 14.4. The number of hydrogen-bond donors (Lipinski definition) is 1. The third-order valence-electron chi connectivity index (χ3n) is 4.83. The summed E-state index contributed by atoms with van der Waals surface area (Å²) in [5.74, 6) is 0.251. The number of carbonyl (C=O) groups is 1. The monoisotopic (exact) mass is 272 g/mol. The minimum Gasteiger partial charge on any atom is -0.319 e. The molecule has 2 fully saturated rings. The van der Waals surface area contributed by atoms with E-state index in [9.17, 15) is 4.79 Å². The van der Waals surface area contributed by atoms with Crippen LogP contribution in [0.15, 0.2) is 24.3 Å². The van der Waals surface area contributed by atoms with Crippen LogP contribution in [0.2, 0.25) is 0 Å². The van der Waals surface area contributed by atoms with Crippen LogP contribution in [0.4, 0.5) is 0 Å². The van der Waals surface area contributed by atoms with Gasteiger partial charge in [-0.1, -0.05) is 38.1 Å². The predicted octanol–water partition coefficient (Wildman–Crippen LogP) is 3.00. The fourth-order valence-electron chi connectivity index (χ4n) is 3.72. The van der Waals surface area contributed by atoms with Crippen molar-refractivity contribution in [3.8, 4) is 0 Å². The Hall–Kier alpha value is -1.35. The Bertz CT molecular complexity index is 523. The quantitative estimate of drug-likeness (QED) is 0.897. The van der Waals surface area contributed by atoms with Crippen LogP contribution in [-0.2, 0) is 4.79 Å². The Morgan fingerprint density at radius 1 is 1.30 bits per heavy atom. The summed E-state index contributed by atoms with van der Waals surface area (Å²) in [6.45, 7) is 7.21. The molecule has 0 spiro atoms. The summed E-state index contributed by atoms with van der Waals surface area (Å²) in [6, 6.07) is 8.76. The highest BCUT2D eigenvalue weighted by Gasteiger charge is 2.42. The normalized spacial score (nSPS) is 29.1. The average molecular weight is 272 g/mol. The van der Waals surface area contributed by atoms with Crippen LogP contribution in [-0.4, -0.2) is 23.4 Å². The van der Waals surface area contributed by atoms with Gasteiger partial charge in [-0.15, -0.1) is 0 Å². The molecule has 1 heterocycles. The molecule has 1 amide bonds. The molecule has 1 aliphatic heterocycles. The van der Waals surface area contributed by atoms with Gasteiger partial charge >= 0.3 is 0 Å². The van der Waals surface area contributed by atoms with Crippen molar-refractivity contribution >= 4 is 5.91 Å². The molecule has 20 heavy (non-hydrogen) atoms. The minimum atomic E-state index is 0.0580. The number of aryl methyl sites for hydroxylation is 1. The second-order valence-electron chi connectivity index (χ2n) is 7.00. The van der Waals surface area contributed by atoms with E-state index >= 15 is 0 Å². The zero-order valence-electron chi connectivity index (χ0n) is 12.6. The van der Waals surface area contributed by atoms with E-state index < -0.39 is 0 Å². The van der Waals surface area contributed by atoms with Crippen molar-refractivity contribution in [2.45, 2.75) is 52.2 Å². The first-order chi connectivity index (χ1) is 9.48. The molecule has 3 rings (SSSR count). The smallest absolute Gasteiger partial charge is 0.238 e. The molecule has 2 unspecified atom stereocenters. The van der Waals surface area contributed by atoms with E-state index in [0.717, 1.165) is 12.8 Å². The average Bonchev–Trinajstić information content (AvgIpc) is 2.93. The van der Waals surface area contributed by atoms with E-state index in [2.05, 4.69) is 55.3 Å². The van der Waals surface area contributed by atoms with Crippen molar-refractivity contribution in [2.24, 2.45) is 5.41 Å². The minimum absolute atomic E-state index is 0.0580. The lowest BCUT2D eigenvalue weighted by Gasteiger charge is -2.32. The fourth-order valence-corrected chi connectivity index (χ4v) is 3.72. The van der Waals surface area contributed by atoms with Gasteiger partial charge in [-0.25, -0.2) is 0 Å². The van der Waals surface area contributed by atoms with Crippen LogP contribution in [0.1, 0.15) is 50.4 Å². The number of benzene rings is 1. The zero-order chi connectivity index (χ0) is 14.3. The van der Waals surface area contributed by atoms with Gasteiger partial charge in [0, 0.05) is 6.04 Å². The number of carbonyl (C=O) groups excluding carboxylic acids is 1. The Morgan fingerprint density at radius 2 is 2.05 bits per heavy atom. The summed E-state index contributed by atoms with van der Waals surface area (Å²) >= 11 is 0. The molecule has 1 aliphatic carbocycles. The van der Waals surface area contributed by atoms with Gasteiger partial charge in [0.1, 0.15) is 6.17 Å². The van der Waals surface area contributed by atoms with Gasteiger partial charge in [0.15, 0.2) is 0 Å². The molecule has 1 N–H and O–H groups in total. The molecule has 2 atom stereocenters. The maximum absolute atomic E-state index is 12.3. The third kappa shape index (κ3) is 2.35. The van der Waals surface area contributed by atoms with Crippen LogP contribution < -0.4 is 5.32 Å². The standard InChI is InChI=1S/C17H24N2O/c1-12-6-4-5-7-14(12)16-18-11-15(20)19(16)13-8-9-17(2,3)10-13/h4-7,13,16,18H,8-11H2,1-3H3. The van der Waals surface area contributed by atoms with Crippen LogP contribution in [0.3, 0.4) is 0 Å². The molecular formula is C17H24N2O. The Morgan fingerprint density at radius 3 is 2.70 bits per heavy atom. The second-order valence-corrected chi connectivity index (χ2v) is 7.00. The molecule has 3 nitrogen and oxygen atoms in total. The van der Waals surface area contributed by atoms with E-state index in [0.29, 0.717) is 18.0 Å². The van der Waals surface area contributed by atoms with Gasteiger partial charge in [-0.3, -0.25) is 10.1 Å². The first-order valence-corrected chi connectivity index (χ1v) is 7.58. The van der Waals surface area contributed by atoms with E-state index in [-0.39, 0.29) is 12.1 Å². The number of nitrogens with zero attached hydrogens (tertiary/aromatic N) is 1. The van der Waals surface area contributed by atoms with Crippen molar-refractivity contribution in [3.63, 3.8) is 0 Å². The Kier molecular flexibility index (Phi) is 3.33. The van der Waals surface area contributed by atoms with Crippen LogP contribution >= 0.6 is 0 Å².